The normalized spacial score (nSPS) is 11.5. The second-order valence-corrected chi connectivity index (χ2v) is 6.32. The standard InChI is InChI=1S/C14H22NO6P/c1-10(2)21-13-6-5-12(9-11(13)3)14(16)15-7-4-8-20-22(17,18)19/h5-6,9-10H,4,7-8H2,1-3H3,(H,15,16)(H2,17,18,19). The first-order valence-electron chi connectivity index (χ1n) is 6.94. The number of benzene rings is 1. The van der Waals surface area contributed by atoms with Gasteiger partial charge in [0.25, 0.3) is 5.91 Å². The number of ether oxygens (including phenoxy) is 1. The number of phosphoric acid groups is 1. The molecule has 7 nitrogen and oxygen atoms in total. The highest BCUT2D eigenvalue weighted by molar-refractivity contribution is 7.46. The van der Waals surface area contributed by atoms with Gasteiger partial charge in [0, 0.05) is 12.1 Å². The molecule has 0 saturated carbocycles. The maximum Gasteiger partial charge on any atom is 0.469 e. The predicted molar refractivity (Wildman–Crippen MR) is 81.9 cm³/mol. The first-order chi connectivity index (χ1) is 10.2. The van der Waals surface area contributed by atoms with Crippen LogP contribution in [0.1, 0.15) is 36.2 Å². The maximum atomic E-state index is 11.9. The van der Waals surface area contributed by atoms with Gasteiger partial charge in [-0.15, -0.1) is 0 Å². The van der Waals surface area contributed by atoms with E-state index in [2.05, 4.69) is 9.84 Å². The molecule has 0 heterocycles. The molecule has 124 valence electrons. The molecular weight excluding hydrogens is 309 g/mol. The van der Waals surface area contributed by atoms with E-state index < -0.39 is 7.82 Å². The molecule has 1 rings (SSSR count). The molecule has 1 aromatic rings. The van der Waals surface area contributed by atoms with E-state index in [0.29, 0.717) is 12.0 Å². The van der Waals surface area contributed by atoms with Gasteiger partial charge in [-0.1, -0.05) is 0 Å². The van der Waals surface area contributed by atoms with Crippen molar-refractivity contribution >= 4 is 13.7 Å². The first kappa shape index (κ1) is 18.6. The summed E-state index contributed by atoms with van der Waals surface area (Å²) in [5.74, 6) is 0.483. The van der Waals surface area contributed by atoms with Crippen molar-refractivity contribution in [1.82, 2.24) is 5.32 Å². The molecule has 0 unspecified atom stereocenters. The Morgan fingerprint density at radius 2 is 2.05 bits per heavy atom. The molecule has 0 fully saturated rings. The number of hydrogen-bond acceptors (Lipinski definition) is 4. The third-order valence-corrected chi connectivity index (χ3v) is 3.18. The summed E-state index contributed by atoms with van der Waals surface area (Å²) in [6.07, 6.45) is 0.372. The Morgan fingerprint density at radius 3 is 2.59 bits per heavy atom. The Hall–Kier alpha value is -1.40. The number of hydrogen-bond donors (Lipinski definition) is 3. The van der Waals surface area contributed by atoms with Gasteiger partial charge in [0.15, 0.2) is 0 Å². The lowest BCUT2D eigenvalue weighted by molar-refractivity contribution is 0.0951. The number of rotatable bonds is 8. The number of amides is 1. The van der Waals surface area contributed by atoms with Crippen LogP contribution in [0.3, 0.4) is 0 Å². The minimum atomic E-state index is -4.44. The minimum absolute atomic E-state index is 0.0624. The zero-order chi connectivity index (χ0) is 16.8. The molecule has 1 amide bonds. The third kappa shape index (κ3) is 7.04. The lowest BCUT2D eigenvalue weighted by Gasteiger charge is -2.13. The summed E-state index contributed by atoms with van der Waals surface area (Å²) < 4.78 is 20.4. The topological polar surface area (TPSA) is 105 Å². The highest BCUT2D eigenvalue weighted by Gasteiger charge is 2.13. The summed E-state index contributed by atoms with van der Waals surface area (Å²) in [5.41, 5.74) is 1.37. The number of aryl methyl sites for hydroxylation is 1. The molecule has 1 aromatic carbocycles. The van der Waals surface area contributed by atoms with Crippen LogP contribution in [0.15, 0.2) is 18.2 Å². The molecule has 8 heteroatoms. The van der Waals surface area contributed by atoms with Crippen molar-refractivity contribution in [3.05, 3.63) is 29.3 Å². The quantitative estimate of drug-likeness (QED) is 0.497. The summed E-state index contributed by atoms with van der Waals surface area (Å²) in [6, 6.07) is 5.16. The number of phosphoric ester groups is 1. The van der Waals surface area contributed by atoms with Crippen LogP contribution in [0.25, 0.3) is 0 Å². The van der Waals surface area contributed by atoms with Gasteiger partial charge in [0.2, 0.25) is 0 Å². The fourth-order valence-electron chi connectivity index (χ4n) is 1.74. The Bertz CT molecular complexity index is 554. The van der Waals surface area contributed by atoms with Crippen LogP contribution in [-0.4, -0.2) is 34.9 Å². The summed E-state index contributed by atoms with van der Waals surface area (Å²) in [4.78, 5) is 29.0. The van der Waals surface area contributed by atoms with Crippen molar-refractivity contribution in [2.45, 2.75) is 33.3 Å². The van der Waals surface area contributed by atoms with Crippen molar-refractivity contribution in [3.63, 3.8) is 0 Å². The zero-order valence-electron chi connectivity index (χ0n) is 12.9. The van der Waals surface area contributed by atoms with Crippen molar-refractivity contribution in [1.29, 1.82) is 0 Å². The molecule has 0 aliphatic heterocycles. The van der Waals surface area contributed by atoms with Crippen LogP contribution < -0.4 is 10.1 Å². The molecule has 22 heavy (non-hydrogen) atoms. The monoisotopic (exact) mass is 331 g/mol. The van der Waals surface area contributed by atoms with Gasteiger partial charge in [0.1, 0.15) is 5.75 Å². The van der Waals surface area contributed by atoms with Crippen molar-refractivity contribution in [2.75, 3.05) is 13.2 Å². The molecule has 0 radical (unpaired) electrons. The predicted octanol–water partition coefficient (Wildman–Crippen LogP) is 2.01. The smallest absolute Gasteiger partial charge is 0.469 e. The number of carbonyl (C=O) groups excluding carboxylic acids is 1. The largest absolute Gasteiger partial charge is 0.491 e. The van der Waals surface area contributed by atoms with Crippen LogP contribution in [-0.2, 0) is 9.09 Å². The summed E-state index contributed by atoms with van der Waals surface area (Å²) >= 11 is 0. The molecular formula is C14H22NO6P. The van der Waals surface area contributed by atoms with Crippen molar-refractivity contribution in [3.8, 4) is 5.75 Å². The molecule has 0 aromatic heterocycles. The van der Waals surface area contributed by atoms with E-state index in [-0.39, 0.29) is 25.2 Å². The van der Waals surface area contributed by atoms with Crippen LogP contribution in [0.5, 0.6) is 5.75 Å². The zero-order valence-corrected chi connectivity index (χ0v) is 13.8. The fraction of sp³-hybridized carbons (Fsp3) is 0.500. The van der Waals surface area contributed by atoms with E-state index in [1.165, 1.54) is 0 Å². The number of carbonyl (C=O) groups is 1. The van der Waals surface area contributed by atoms with E-state index in [1.807, 2.05) is 20.8 Å². The summed E-state index contributed by atoms with van der Waals surface area (Å²) in [7, 11) is -4.44. The van der Waals surface area contributed by atoms with E-state index in [0.717, 1.165) is 11.3 Å². The second kappa shape index (κ2) is 8.29. The van der Waals surface area contributed by atoms with Crippen molar-refractivity contribution < 1.29 is 28.4 Å². The summed E-state index contributed by atoms with van der Waals surface area (Å²) in [6.45, 7) is 5.87. The highest BCUT2D eigenvalue weighted by atomic mass is 31.2. The highest BCUT2D eigenvalue weighted by Crippen LogP contribution is 2.35. The van der Waals surface area contributed by atoms with Gasteiger partial charge < -0.3 is 19.8 Å². The van der Waals surface area contributed by atoms with Crippen LogP contribution >= 0.6 is 7.82 Å². The van der Waals surface area contributed by atoms with Gasteiger partial charge in [0.05, 0.1) is 12.7 Å². The lowest BCUT2D eigenvalue weighted by atomic mass is 10.1. The molecule has 0 aliphatic rings. The van der Waals surface area contributed by atoms with Crippen LogP contribution in [0, 0.1) is 6.92 Å². The summed E-state index contributed by atoms with van der Waals surface area (Å²) in [5, 5.41) is 2.66. The Balaban J connectivity index is 2.46. The molecule has 0 atom stereocenters. The molecule has 0 bridgehead atoms. The lowest BCUT2D eigenvalue weighted by Crippen LogP contribution is -2.25. The van der Waals surface area contributed by atoms with E-state index in [4.69, 9.17) is 14.5 Å². The third-order valence-electron chi connectivity index (χ3n) is 2.67. The molecule has 0 saturated heterocycles. The SMILES string of the molecule is Cc1cc(C(=O)NCCCOP(=O)(O)O)ccc1OC(C)C. The maximum absolute atomic E-state index is 11.9. The number of nitrogens with one attached hydrogen (secondary N) is 1. The molecule has 3 N–H and O–H groups in total. The van der Waals surface area contributed by atoms with Crippen LogP contribution in [0.4, 0.5) is 0 Å². The van der Waals surface area contributed by atoms with Gasteiger partial charge in [-0.25, -0.2) is 4.57 Å². The second-order valence-electron chi connectivity index (χ2n) is 5.08. The van der Waals surface area contributed by atoms with Crippen LogP contribution in [0.2, 0.25) is 0 Å². The average molecular weight is 331 g/mol. The van der Waals surface area contributed by atoms with Gasteiger partial charge in [-0.05, 0) is 51.0 Å². The molecule has 0 aliphatic carbocycles. The van der Waals surface area contributed by atoms with Gasteiger partial charge in [-0.2, -0.15) is 0 Å². The Morgan fingerprint density at radius 1 is 1.36 bits per heavy atom. The first-order valence-corrected chi connectivity index (χ1v) is 8.47. The Kier molecular flexibility index (Phi) is 7.03. The van der Waals surface area contributed by atoms with E-state index in [1.54, 1.807) is 18.2 Å². The van der Waals surface area contributed by atoms with Gasteiger partial charge >= 0.3 is 7.82 Å². The van der Waals surface area contributed by atoms with E-state index >= 15 is 0 Å². The van der Waals surface area contributed by atoms with Gasteiger partial charge in [-0.3, -0.25) is 9.32 Å². The van der Waals surface area contributed by atoms with Crippen molar-refractivity contribution in [2.24, 2.45) is 0 Å². The average Bonchev–Trinajstić information content (AvgIpc) is 2.38. The molecule has 0 spiro atoms. The fourth-order valence-corrected chi connectivity index (χ4v) is 2.10. The minimum Gasteiger partial charge on any atom is -0.491 e. The van der Waals surface area contributed by atoms with E-state index in [9.17, 15) is 9.36 Å². The Labute approximate surface area is 129 Å².